The van der Waals surface area contributed by atoms with Gasteiger partial charge in [-0.2, -0.15) is 0 Å². The van der Waals surface area contributed by atoms with E-state index in [9.17, 15) is 9.59 Å². The number of aromatic carboxylic acids is 1. The lowest BCUT2D eigenvalue weighted by atomic mass is 10.0. The van der Waals surface area contributed by atoms with Gasteiger partial charge in [-0.15, -0.1) is 0 Å². The fourth-order valence-electron chi connectivity index (χ4n) is 2.78. The maximum atomic E-state index is 11.9. The smallest absolute Gasteiger partial charge is 0.337 e. The summed E-state index contributed by atoms with van der Waals surface area (Å²) in [5.41, 5.74) is 0.737. The molecular weight excluding hydrogens is 292 g/mol. The van der Waals surface area contributed by atoms with Crippen LogP contribution in [0.1, 0.15) is 36.0 Å². The van der Waals surface area contributed by atoms with E-state index in [4.69, 9.17) is 16.7 Å². The van der Waals surface area contributed by atoms with E-state index in [1.807, 2.05) is 0 Å². The Kier molecular flexibility index (Phi) is 3.53. The predicted octanol–water partition coefficient (Wildman–Crippen LogP) is 3.35. The predicted molar refractivity (Wildman–Crippen MR) is 79.8 cm³/mol. The van der Waals surface area contributed by atoms with E-state index in [0.717, 1.165) is 5.92 Å². The number of carbonyl (C=O) groups excluding carboxylic acids is 1. The van der Waals surface area contributed by atoms with Crippen LogP contribution in [0.3, 0.4) is 0 Å². The number of halogens is 1. The summed E-state index contributed by atoms with van der Waals surface area (Å²) in [5, 5.41) is 14.7. The average molecular weight is 309 g/mol. The first-order valence-corrected chi connectivity index (χ1v) is 7.46. The van der Waals surface area contributed by atoms with Gasteiger partial charge in [0.1, 0.15) is 0 Å². The second-order valence-corrected chi connectivity index (χ2v) is 6.35. The molecule has 0 unspecified atom stereocenters. The third-order valence-corrected chi connectivity index (χ3v) is 4.72. The zero-order valence-corrected chi connectivity index (χ0v) is 12.2. The number of rotatable bonds is 5. The van der Waals surface area contributed by atoms with Crippen LogP contribution in [0.2, 0.25) is 5.02 Å². The molecule has 1 aromatic rings. The molecule has 0 saturated heterocycles. The van der Waals surface area contributed by atoms with E-state index in [0.29, 0.717) is 17.6 Å². The fraction of sp³-hybridized carbons (Fsp3) is 0.467. The Morgan fingerprint density at radius 3 is 2.62 bits per heavy atom. The Hall–Kier alpha value is -1.75. The Morgan fingerprint density at radius 2 is 2.05 bits per heavy atom. The number of nitrogens with one attached hydrogen (secondary N) is 2. The molecule has 2 amide bonds. The SMILES string of the molecule is O=C(NCC1(C2CC2)CC1)Nc1ccc(Cl)c(C(=O)O)c1. The first-order valence-electron chi connectivity index (χ1n) is 7.08. The van der Waals surface area contributed by atoms with Gasteiger partial charge >= 0.3 is 12.0 Å². The van der Waals surface area contributed by atoms with Crippen LogP contribution in [0.5, 0.6) is 0 Å². The minimum atomic E-state index is -1.12. The number of hydrogen-bond donors (Lipinski definition) is 3. The normalized spacial score (nSPS) is 18.9. The van der Waals surface area contributed by atoms with Crippen LogP contribution in [0, 0.1) is 11.3 Å². The molecular formula is C15H17ClN2O3. The van der Waals surface area contributed by atoms with Crippen molar-refractivity contribution in [2.75, 3.05) is 11.9 Å². The third-order valence-electron chi connectivity index (χ3n) is 4.39. The lowest BCUT2D eigenvalue weighted by molar-refractivity contribution is 0.0697. The van der Waals surface area contributed by atoms with Gasteiger partial charge in [0.25, 0.3) is 0 Å². The molecule has 2 aliphatic rings. The van der Waals surface area contributed by atoms with Gasteiger partial charge in [0, 0.05) is 12.2 Å². The zero-order chi connectivity index (χ0) is 15.0. The highest BCUT2D eigenvalue weighted by molar-refractivity contribution is 6.33. The van der Waals surface area contributed by atoms with Gasteiger partial charge in [-0.1, -0.05) is 11.6 Å². The Labute approximate surface area is 127 Å². The summed E-state index contributed by atoms with van der Waals surface area (Å²) in [7, 11) is 0. The molecule has 5 nitrogen and oxygen atoms in total. The molecule has 2 aliphatic carbocycles. The lowest BCUT2D eigenvalue weighted by Crippen LogP contribution is -2.34. The second kappa shape index (κ2) is 5.22. The Morgan fingerprint density at radius 1 is 1.33 bits per heavy atom. The number of amides is 2. The third kappa shape index (κ3) is 3.13. The summed E-state index contributed by atoms with van der Waals surface area (Å²) in [6.07, 6.45) is 4.95. The number of anilines is 1. The largest absolute Gasteiger partial charge is 0.478 e. The number of carboxylic acid groups (broad SMARTS) is 1. The van der Waals surface area contributed by atoms with Gasteiger partial charge < -0.3 is 15.7 Å². The molecule has 6 heteroatoms. The topological polar surface area (TPSA) is 78.4 Å². The standard InChI is InChI=1S/C15H17ClN2O3/c16-12-4-3-10(7-11(12)13(19)20)18-14(21)17-8-15(5-6-15)9-1-2-9/h3-4,7,9H,1-2,5-6,8H2,(H,19,20)(H2,17,18,21). The van der Waals surface area contributed by atoms with Gasteiger partial charge in [0.05, 0.1) is 10.6 Å². The van der Waals surface area contributed by atoms with E-state index in [2.05, 4.69) is 10.6 Å². The highest BCUT2D eigenvalue weighted by Gasteiger charge is 2.53. The molecule has 3 N–H and O–H groups in total. The summed E-state index contributed by atoms with van der Waals surface area (Å²) in [5.74, 6) is -0.332. The minimum Gasteiger partial charge on any atom is -0.478 e. The molecule has 3 rings (SSSR count). The van der Waals surface area contributed by atoms with Gasteiger partial charge in [-0.05, 0) is 55.2 Å². The number of urea groups is 1. The summed E-state index contributed by atoms with van der Waals surface area (Å²) in [6.45, 7) is 0.697. The van der Waals surface area contributed by atoms with Crippen LogP contribution >= 0.6 is 11.6 Å². The maximum absolute atomic E-state index is 11.9. The van der Waals surface area contributed by atoms with Crippen LogP contribution < -0.4 is 10.6 Å². The van der Waals surface area contributed by atoms with Crippen LogP contribution in [-0.4, -0.2) is 23.7 Å². The van der Waals surface area contributed by atoms with Gasteiger partial charge in [-0.3, -0.25) is 0 Å². The summed E-state index contributed by atoms with van der Waals surface area (Å²) in [4.78, 5) is 22.9. The van der Waals surface area contributed by atoms with Crippen LogP contribution in [0.15, 0.2) is 18.2 Å². The highest BCUT2D eigenvalue weighted by atomic mass is 35.5. The van der Waals surface area contributed by atoms with Crippen molar-refractivity contribution in [1.29, 1.82) is 0 Å². The highest BCUT2D eigenvalue weighted by Crippen LogP contribution is 2.60. The molecule has 0 radical (unpaired) electrons. The van der Waals surface area contributed by atoms with Crippen molar-refractivity contribution in [3.8, 4) is 0 Å². The van der Waals surface area contributed by atoms with Crippen LogP contribution in [0.4, 0.5) is 10.5 Å². The van der Waals surface area contributed by atoms with E-state index in [1.165, 1.54) is 37.8 Å². The molecule has 0 atom stereocenters. The number of carboxylic acids is 1. The molecule has 0 aliphatic heterocycles. The van der Waals surface area contributed by atoms with E-state index in [-0.39, 0.29) is 16.6 Å². The van der Waals surface area contributed by atoms with Gasteiger partial charge in [0.2, 0.25) is 0 Å². The zero-order valence-electron chi connectivity index (χ0n) is 11.5. The van der Waals surface area contributed by atoms with Crippen molar-refractivity contribution in [2.45, 2.75) is 25.7 Å². The summed E-state index contributed by atoms with van der Waals surface area (Å²) < 4.78 is 0. The maximum Gasteiger partial charge on any atom is 0.337 e. The number of benzene rings is 1. The molecule has 2 fully saturated rings. The second-order valence-electron chi connectivity index (χ2n) is 5.94. The van der Waals surface area contributed by atoms with E-state index in [1.54, 1.807) is 6.07 Å². The average Bonchev–Trinajstić information content (AvgIpc) is 3.31. The fourth-order valence-corrected chi connectivity index (χ4v) is 2.98. The Bertz CT molecular complexity index is 595. The number of carbonyl (C=O) groups is 2. The monoisotopic (exact) mass is 308 g/mol. The molecule has 112 valence electrons. The van der Waals surface area contributed by atoms with Gasteiger partial charge in [0.15, 0.2) is 0 Å². The van der Waals surface area contributed by atoms with Crippen molar-refractivity contribution in [3.05, 3.63) is 28.8 Å². The molecule has 1 aromatic carbocycles. The molecule has 21 heavy (non-hydrogen) atoms. The van der Waals surface area contributed by atoms with Crippen molar-refractivity contribution in [3.63, 3.8) is 0 Å². The number of hydrogen-bond acceptors (Lipinski definition) is 2. The molecule has 0 spiro atoms. The van der Waals surface area contributed by atoms with E-state index < -0.39 is 5.97 Å². The quantitative estimate of drug-likeness (QED) is 0.780. The van der Waals surface area contributed by atoms with E-state index >= 15 is 0 Å². The van der Waals surface area contributed by atoms with Crippen molar-refractivity contribution >= 4 is 29.3 Å². The Balaban J connectivity index is 1.57. The van der Waals surface area contributed by atoms with Crippen molar-refractivity contribution in [1.82, 2.24) is 5.32 Å². The lowest BCUT2D eigenvalue weighted by Gasteiger charge is -2.15. The van der Waals surface area contributed by atoms with Crippen LogP contribution in [0.25, 0.3) is 0 Å². The summed E-state index contributed by atoms with van der Waals surface area (Å²) in [6, 6.07) is 4.11. The first-order chi connectivity index (χ1) is 10.00. The van der Waals surface area contributed by atoms with Crippen molar-refractivity contribution < 1.29 is 14.7 Å². The minimum absolute atomic E-state index is 0.0221. The molecule has 0 bridgehead atoms. The van der Waals surface area contributed by atoms with Crippen molar-refractivity contribution in [2.24, 2.45) is 11.3 Å². The first kappa shape index (κ1) is 14.2. The molecule has 0 heterocycles. The van der Waals surface area contributed by atoms with Gasteiger partial charge in [-0.25, -0.2) is 9.59 Å². The molecule has 0 aromatic heterocycles. The summed E-state index contributed by atoms with van der Waals surface area (Å²) >= 11 is 5.79. The molecule has 2 saturated carbocycles. The van der Waals surface area contributed by atoms with Crippen LogP contribution in [-0.2, 0) is 0 Å².